The Bertz CT molecular complexity index is 266. The number of fused-ring (bicyclic) bond motifs is 2. The molecular weight excluding hydrogens is 176 g/mol. The van der Waals surface area contributed by atoms with Gasteiger partial charge in [-0.15, -0.1) is 0 Å². The average Bonchev–Trinajstić information content (AvgIpc) is 2.67. The summed E-state index contributed by atoms with van der Waals surface area (Å²) in [6, 6.07) is 0.527. The van der Waals surface area contributed by atoms with Gasteiger partial charge in [-0.2, -0.15) is 0 Å². The van der Waals surface area contributed by atoms with Crippen molar-refractivity contribution in [3.63, 3.8) is 0 Å². The van der Waals surface area contributed by atoms with Gasteiger partial charge < -0.3 is 11.1 Å². The largest absolute Gasteiger partial charge is 0.352 e. The Hall–Kier alpha value is -0.570. The van der Waals surface area contributed by atoms with Crippen LogP contribution < -0.4 is 11.1 Å². The predicted octanol–water partition coefficient (Wildman–Crippen LogP) is 0.638. The molecule has 0 heterocycles. The number of rotatable bonds is 2. The molecule has 0 aromatic heterocycles. The van der Waals surface area contributed by atoms with Gasteiger partial charge in [0.15, 0.2) is 0 Å². The van der Waals surface area contributed by atoms with E-state index in [2.05, 4.69) is 5.32 Å². The van der Waals surface area contributed by atoms with Gasteiger partial charge in [-0.1, -0.05) is 6.42 Å². The van der Waals surface area contributed by atoms with Gasteiger partial charge in [0.05, 0.1) is 0 Å². The Morgan fingerprint density at radius 2 is 2.00 bits per heavy atom. The molecule has 0 aromatic carbocycles. The molecule has 0 saturated heterocycles. The van der Waals surface area contributed by atoms with Crippen LogP contribution in [0.15, 0.2) is 0 Å². The van der Waals surface area contributed by atoms with E-state index >= 15 is 0 Å². The summed E-state index contributed by atoms with van der Waals surface area (Å²) < 4.78 is 0. The molecule has 3 heteroatoms. The summed E-state index contributed by atoms with van der Waals surface area (Å²) in [6.45, 7) is 0. The highest BCUT2D eigenvalue weighted by Gasteiger charge is 2.45. The van der Waals surface area contributed by atoms with Gasteiger partial charge in [-0.3, -0.25) is 4.79 Å². The highest BCUT2D eigenvalue weighted by atomic mass is 16.2. The normalized spacial score (nSPS) is 49.4. The Kier molecular flexibility index (Phi) is 1.84. The van der Waals surface area contributed by atoms with E-state index in [4.69, 9.17) is 5.73 Å². The number of carbonyl (C=O) groups excluding carboxylic acids is 1. The minimum absolute atomic E-state index is 0.234. The number of amides is 1. The van der Waals surface area contributed by atoms with E-state index in [-0.39, 0.29) is 11.9 Å². The molecule has 3 fully saturated rings. The quantitative estimate of drug-likeness (QED) is 0.677. The van der Waals surface area contributed by atoms with Crippen LogP contribution in [0.2, 0.25) is 0 Å². The Labute approximate surface area is 84.4 Å². The molecule has 1 amide bonds. The summed E-state index contributed by atoms with van der Waals surface area (Å²) in [7, 11) is 0. The Balaban J connectivity index is 1.58. The first-order valence-electron chi connectivity index (χ1n) is 5.80. The second-order valence-corrected chi connectivity index (χ2v) is 5.30. The van der Waals surface area contributed by atoms with E-state index < -0.39 is 0 Å². The van der Waals surface area contributed by atoms with Crippen molar-refractivity contribution < 1.29 is 4.79 Å². The van der Waals surface area contributed by atoms with Gasteiger partial charge in [0, 0.05) is 18.0 Å². The lowest BCUT2D eigenvalue weighted by atomic mass is 9.88. The third-order valence-corrected chi connectivity index (χ3v) is 4.24. The van der Waals surface area contributed by atoms with Crippen molar-refractivity contribution in [2.75, 3.05) is 0 Å². The molecule has 5 atom stereocenters. The van der Waals surface area contributed by atoms with Gasteiger partial charge in [-0.25, -0.2) is 0 Å². The van der Waals surface area contributed by atoms with Crippen LogP contribution in [0.4, 0.5) is 0 Å². The summed E-state index contributed by atoms with van der Waals surface area (Å²) in [4.78, 5) is 11.9. The molecule has 5 unspecified atom stereocenters. The molecule has 3 N–H and O–H groups in total. The minimum atomic E-state index is 0.234. The third kappa shape index (κ3) is 1.34. The average molecular weight is 194 g/mol. The lowest BCUT2D eigenvalue weighted by molar-refractivity contribution is -0.126. The van der Waals surface area contributed by atoms with Gasteiger partial charge in [0.1, 0.15) is 0 Å². The van der Waals surface area contributed by atoms with Crippen molar-refractivity contribution in [3.05, 3.63) is 0 Å². The molecule has 2 bridgehead atoms. The molecule has 3 aliphatic rings. The first-order valence-corrected chi connectivity index (χ1v) is 5.80. The van der Waals surface area contributed by atoms with Gasteiger partial charge in [0.2, 0.25) is 5.91 Å². The fourth-order valence-electron chi connectivity index (χ4n) is 3.24. The molecule has 14 heavy (non-hydrogen) atoms. The SMILES string of the molecule is NC1CC1NC(=O)C1CC2CCC1C2. The van der Waals surface area contributed by atoms with E-state index in [0.717, 1.165) is 18.8 Å². The van der Waals surface area contributed by atoms with Gasteiger partial charge in [0.25, 0.3) is 0 Å². The van der Waals surface area contributed by atoms with Crippen molar-refractivity contribution in [1.82, 2.24) is 5.32 Å². The standard InChI is InChI=1S/C11H18N2O/c12-9-5-10(9)13-11(14)8-4-6-1-2-7(8)3-6/h6-10H,1-5,12H2,(H,13,14). The summed E-state index contributed by atoms with van der Waals surface area (Å²) in [5, 5.41) is 3.07. The molecule has 3 nitrogen and oxygen atoms in total. The van der Waals surface area contributed by atoms with Crippen LogP contribution in [0, 0.1) is 17.8 Å². The van der Waals surface area contributed by atoms with Crippen LogP contribution in [0.25, 0.3) is 0 Å². The highest BCUT2D eigenvalue weighted by Crippen LogP contribution is 2.48. The Morgan fingerprint density at radius 1 is 1.21 bits per heavy atom. The lowest BCUT2D eigenvalue weighted by Crippen LogP contribution is -2.37. The third-order valence-electron chi connectivity index (χ3n) is 4.24. The molecule has 3 aliphatic carbocycles. The maximum Gasteiger partial charge on any atom is 0.223 e. The van der Waals surface area contributed by atoms with Crippen LogP contribution in [-0.4, -0.2) is 18.0 Å². The Morgan fingerprint density at radius 3 is 2.50 bits per heavy atom. The van der Waals surface area contributed by atoms with Crippen molar-refractivity contribution in [1.29, 1.82) is 0 Å². The molecule has 0 radical (unpaired) electrons. The second-order valence-electron chi connectivity index (χ2n) is 5.30. The molecule has 0 spiro atoms. The zero-order chi connectivity index (χ0) is 9.71. The van der Waals surface area contributed by atoms with Crippen molar-refractivity contribution in [2.24, 2.45) is 23.5 Å². The predicted molar refractivity (Wildman–Crippen MR) is 53.5 cm³/mol. The van der Waals surface area contributed by atoms with Crippen LogP contribution in [0.1, 0.15) is 32.1 Å². The maximum atomic E-state index is 11.9. The lowest BCUT2D eigenvalue weighted by Gasteiger charge is -2.20. The summed E-state index contributed by atoms with van der Waals surface area (Å²) in [6.07, 6.45) is 6.05. The zero-order valence-electron chi connectivity index (χ0n) is 8.41. The smallest absolute Gasteiger partial charge is 0.223 e. The van der Waals surface area contributed by atoms with Gasteiger partial charge in [-0.05, 0) is 37.5 Å². The molecule has 78 valence electrons. The number of nitrogens with two attached hydrogens (primary N) is 1. The molecule has 3 rings (SSSR count). The topological polar surface area (TPSA) is 55.1 Å². The highest BCUT2D eigenvalue weighted by molar-refractivity contribution is 5.80. The first kappa shape index (κ1) is 8.72. The monoisotopic (exact) mass is 194 g/mol. The zero-order valence-corrected chi connectivity index (χ0v) is 8.41. The van der Waals surface area contributed by atoms with E-state index in [1.807, 2.05) is 0 Å². The molecule has 3 saturated carbocycles. The van der Waals surface area contributed by atoms with Crippen LogP contribution in [-0.2, 0) is 4.79 Å². The van der Waals surface area contributed by atoms with Crippen LogP contribution in [0.5, 0.6) is 0 Å². The maximum absolute atomic E-state index is 11.9. The van der Waals surface area contributed by atoms with E-state index in [0.29, 0.717) is 17.9 Å². The van der Waals surface area contributed by atoms with Crippen LogP contribution >= 0.6 is 0 Å². The number of hydrogen-bond donors (Lipinski definition) is 2. The van der Waals surface area contributed by atoms with Gasteiger partial charge >= 0.3 is 0 Å². The molecular formula is C11H18N2O. The van der Waals surface area contributed by atoms with Crippen molar-refractivity contribution >= 4 is 5.91 Å². The van der Waals surface area contributed by atoms with Crippen molar-refractivity contribution in [3.8, 4) is 0 Å². The number of carbonyl (C=O) groups is 1. The fourth-order valence-corrected chi connectivity index (χ4v) is 3.24. The van der Waals surface area contributed by atoms with E-state index in [9.17, 15) is 4.79 Å². The summed E-state index contributed by atoms with van der Waals surface area (Å²) in [5.74, 6) is 2.15. The first-order chi connectivity index (χ1) is 6.74. The van der Waals surface area contributed by atoms with Crippen molar-refractivity contribution in [2.45, 2.75) is 44.2 Å². The number of nitrogens with one attached hydrogen (secondary N) is 1. The molecule has 0 aliphatic heterocycles. The minimum Gasteiger partial charge on any atom is -0.352 e. The van der Waals surface area contributed by atoms with Crippen LogP contribution in [0.3, 0.4) is 0 Å². The summed E-state index contributed by atoms with van der Waals surface area (Å²) in [5.41, 5.74) is 5.67. The summed E-state index contributed by atoms with van der Waals surface area (Å²) >= 11 is 0. The fraction of sp³-hybridized carbons (Fsp3) is 0.909. The molecule has 0 aromatic rings. The van der Waals surface area contributed by atoms with E-state index in [1.165, 1.54) is 19.3 Å². The van der Waals surface area contributed by atoms with E-state index in [1.54, 1.807) is 0 Å². The second kappa shape index (κ2) is 2.96. The number of hydrogen-bond acceptors (Lipinski definition) is 2.